The number of anilines is 1. The van der Waals surface area contributed by atoms with Gasteiger partial charge in [0.2, 0.25) is 5.92 Å². The summed E-state index contributed by atoms with van der Waals surface area (Å²) in [6.07, 6.45) is 0.772. The van der Waals surface area contributed by atoms with Gasteiger partial charge >= 0.3 is 12.0 Å². The summed E-state index contributed by atoms with van der Waals surface area (Å²) in [4.78, 5) is 26.0. The number of ether oxygens (including phenoxy) is 2. The summed E-state index contributed by atoms with van der Waals surface area (Å²) in [5.41, 5.74) is 2.67. The molecule has 0 aliphatic heterocycles. The molecule has 0 aromatic heterocycles. The number of nitrogens with one attached hydrogen (secondary N) is 1. The molecule has 2 amide bonds. The van der Waals surface area contributed by atoms with Crippen molar-refractivity contribution in [1.82, 2.24) is 4.90 Å². The van der Waals surface area contributed by atoms with E-state index in [-0.39, 0.29) is 25.5 Å². The lowest BCUT2D eigenvalue weighted by molar-refractivity contribution is -0.149. The van der Waals surface area contributed by atoms with E-state index < -0.39 is 18.0 Å². The van der Waals surface area contributed by atoms with Crippen molar-refractivity contribution in [2.45, 2.75) is 77.7 Å². The van der Waals surface area contributed by atoms with Crippen molar-refractivity contribution in [3.05, 3.63) is 59.7 Å². The number of carbonyl (C=O) groups is 2. The Morgan fingerprint density at radius 1 is 1.00 bits per heavy atom. The number of hydrogen-bond acceptors (Lipinski definition) is 4. The molecular weight excluding hydrogens is 506 g/mol. The second-order valence-corrected chi connectivity index (χ2v) is 10.1. The van der Waals surface area contributed by atoms with Crippen molar-refractivity contribution < 1.29 is 33.0 Å². The highest BCUT2D eigenvalue weighted by molar-refractivity contribution is 5.89. The molecular formula is C30H42F2N2O5. The molecule has 9 heteroatoms. The molecule has 0 aliphatic rings. The largest absolute Gasteiger partial charge is 0.492 e. The standard InChI is InChI=1S/C30H42F2N2O5/c1-5-38-27(28(35)36)21-23-9-15-26(16-10-23)39-20-19-34(18-8-6-7-17-30(4,31)32)29(37)33-25-13-11-24(12-14-25)22(2)3/h9-16,22,27H,5-8,17-21H2,1-4H3,(H,33,37)(H,35,36). The van der Waals surface area contributed by atoms with Crippen LogP contribution < -0.4 is 10.1 Å². The Morgan fingerprint density at radius 3 is 2.23 bits per heavy atom. The number of rotatable bonds is 17. The molecule has 216 valence electrons. The molecule has 2 N–H and O–H groups in total. The van der Waals surface area contributed by atoms with Gasteiger partial charge in [-0.05, 0) is 68.0 Å². The average Bonchev–Trinajstić information content (AvgIpc) is 2.87. The van der Waals surface area contributed by atoms with Gasteiger partial charge in [-0.15, -0.1) is 0 Å². The van der Waals surface area contributed by atoms with Crippen LogP contribution >= 0.6 is 0 Å². The third kappa shape index (κ3) is 12.5. The first-order valence-electron chi connectivity index (χ1n) is 13.6. The summed E-state index contributed by atoms with van der Waals surface area (Å²) in [7, 11) is 0. The molecule has 0 radical (unpaired) electrons. The van der Waals surface area contributed by atoms with Crippen molar-refractivity contribution in [1.29, 1.82) is 0 Å². The first-order chi connectivity index (χ1) is 18.5. The van der Waals surface area contributed by atoms with E-state index in [4.69, 9.17) is 9.47 Å². The van der Waals surface area contributed by atoms with E-state index in [1.54, 1.807) is 36.1 Å². The number of nitrogens with zero attached hydrogens (tertiary/aromatic N) is 1. The van der Waals surface area contributed by atoms with Gasteiger partial charge in [-0.3, -0.25) is 0 Å². The first-order valence-corrected chi connectivity index (χ1v) is 13.6. The van der Waals surface area contributed by atoms with E-state index in [1.807, 2.05) is 24.3 Å². The van der Waals surface area contributed by atoms with Gasteiger partial charge in [0.05, 0.1) is 6.54 Å². The summed E-state index contributed by atoms with van der Waals surface area (Å²) in [6, 6.07) is 14.5. The number of halogens is 2. The molecule has 2 rings (SSSR count). The van der Waals surface area contributed by atoms with Crippen molar-refractivity contribution in [2.75, 3.05) is 31.6 Å². The highest BCUT2D eigenvalue weighted by Gasteiger charge is 2.20. The molecule has 0 heterocycles. The van der Waals surface area contributed by atoms with Gasteiger partial charge in [-0.25, -0.2) is 18.4 Å². The van der Waals surface area contributed by atoms with Crippen LogP contribution in [-0.4, -0.2) is 60.3 Å². The number of amides is 2. The lowest BCUT2D eigenvalue weighted by atomic mass is 10.0. The Labute approximate surface area is 230 Å². The zero-order valence-electron chi connectivity index (χ0n) is 23.4. The smallest absolute Gasteiger partial charge is 0.333 e. The minimum absolute atomic E-state index is 0.168. The number of carboxylic acid groups (broad SMARTS) is 1. The second kappa shape index (κ2) is 16.0. The van der Waals surface area contributed by atoms with E-state index in [1.165, 1.54) is 5.56 Å². The van der Waals surface area contributed by atoms with Gasteiger partial charge in [0.25, 0.3) is 0 Å². The number of urea groups is 1. The van der Waals surface area contributed by atoms with E-state index in [0.29, 0.717) is 56.3 Å². The monoisotopic (exact) mass is 548 g/mol. The summed E-state index contributed by atoms with van der Waals surface area (Å²) in [5, 5.41) is 12.2. The molecule has 0 fully saturated rings. The Kier molecular flexibility index (Phi) is 13.2. The maximum atomic E-state index is 13.1. The van der Waals surface area contributed by atoms with E-state index in [9.17, 15) is 23.5 Å². The maximum absolute atomic E-state index is 13.1. The number of alkyl halides is 2. The van der Waals surface area contributed by atoms with Crippen molar-refractivity contribution in [2.24, 2.45) is 0 Å². The second-order valence-electron chi connectivity index (χ2n) is 10.1. The van der Waals surface area contributed by atoms with Gasteiger partial charge in [-0.2, -0.15) is 0 Å². The lowest BCUT2D eigenvalue weighted by Crippen LogP contribution is -2.38. The fourth-order valence-electron chi connectivity index (χ4n) is 4.01. The van der Waals surface area contributed by atoms with Crippen LogP contribution in [-0.2, 0) is 16.0 Å². The molecule has 0 saturated heterocycles. The van der Waals surface area contributed by atoms with Crippen molar-refractivity contribution >= 4 is 17.7 Å². The fraction of sp³-hybridized carbons (Fsp3) is 0.533. The van der Waals surface area contributed by atoms with Crippen LogP contribution in [0.5, 0.6) is 5.75 Å². The molecule has 39 heavy (non-hydrogen) atoms. The van der Waals surface area contributed by atoms with Crippen LogP contribution in [0.3, 0.4) is 0 Å². The van der Waals surface area contributed by atoms with Crippen LogP contribution in [0.1, 0.15) is 70.4 Å². The van der Waals surface area contributed by atoms with Crippen LogP contribution in [0.2, 0.25) is 0 Å². The topological polar surface area (TPSA) is 88.1 Å². The number of unbranched alkanes of at least 4 members (excludes halogenated alkanes) is 2. The number of carboxylic acids is 1. The van der Waals surface area contributed by atoms with E-state index >= 15 is 0 Å². The fourth-order valence-corrected chi connectivity index (χ4v) is 4.01. The highest BCUT2D eigenvalue weighted by Crippen LogP contribution is 2.21. The Balaban J connectivity index is 1.94. The lowest BCUT2D eigenvalue weighted by Gasteiger charge is -2.23. The van der Waals surface area contributed by atoms with Crippen LogP contribution in [0.4, 0.5) is 19.3 Å². The number of aliphatic carboxylic acids is 1. The zero-order chi connectivity index (χ0) is 28.8. The Morgan fingerprint density at radius 2 is 1.67 bits per heavy atom. The van der Waals surface area contributed by atoms with Gasteiger partial charge in [0.15, 0.2) is 6.10 Å². The molecule has 1 atom stereocenters. The van der Waals surface area contributed by atoms with E-state index in [0.717, 1.165) is 12.5 Å². The number of benzene rings is 2. The molecule has 2 aromatic carbocycles. The van der Waals surface area contributed by atoms with Gasteiger partial charge in [0, 0.05) is 31.7 Å². The third-order valence-electron chi connectivity index (χ3n) is 6.28. The highest BCUT2D eigenvalue weighted by atomic mass is 19.3. The molecule has 0 bridgehead atoms. The minimum atomic E-state index is -2.68. The maximum Gasteiger partial charge on any atom is 0.333 e. The Hall–Kier alpha value is -3.20. The van der Waals surface area contributed by atoms with Crippen LogP contribution in [0, 0.1) is 0 Å². The molecule has 0 saturated carbocycles. The van der Waals surface area contributed by atoms with Crippen LogP contribution in [0.25, 0.3) is 0 Å². The van der Waals surface area contributed by atoms with Gasteiger partial charge < -0.3 is 24.8 Å². The van der Waals surface area contributed by atoms with Crippen LogP contribution in [0.15, 0.2) is 48.5 Å². The summed E-state index contributed by atoms with van der Waals surface area (Å²) in [6.45, 7) is 8.16. The number of carbonyl (C=O) groups excluding carboxylic acids is 1. The molecule has 2 aromatic rings. The van der Waals surface area contributed by atoms with E-state index in [2.05, 4.69) is 19.2 Å². The number of hydrogen-bond donors (Lipinski definition) is 2. The van der Waals surface area contributed by atoms with Gasteiger partial charge in [-0.1, -0.05) is 44.5 Å². The summed E-state index contributed by atoms with van der Waals surface area (Å²) >= 11 is 0. The minimum Gasteiger partial charge on any atom is -0.492 e. The first kappa shape index (κ1) is 32.0. The molecule has 1 unspecified atom stereocenters. The van der Waals surface area contributed by atoms with Gasteiger partial charge in [0.1, 0.15) is 12.4 Å². The zero-order valence-corrected chi connectivity index (χ0v) is 23.4. The molecule has 0 spiro atoms. The van der Waals surface area contributed by atoms with Crippen molar-refractivity contribution in [3.8, 4) is 5.75 Å². The molecule has 7 nitrogen and oxygen atoms in total. The quantitative estimate of drug-likeness (QED) is 0.209. The predicted molar refractivity (Wildman–Crippen MR) is 149 cm³/mol. The summed E-state index contributed by atoms with van der Waals surface area (Å²) in [5.74, 6) is -2.71. The third-order valence-corrected chi connectivity index (χ3v) is 6.28. The predicted octanol–water partition coefficient (Wildman–Crippen LogP) is 6.97. The Bertz CT molecular complexity index is 1010. The van der Waals surface area contributed by atoms with Crippen molar-refractivity contribution in [3.63, 3.8) is 0 Å². The normalized spacial score (nSPS) is 12.3. The molecule has 0 aliphatic carbocycles. The average molecular weight is 549 g/mol. The summed E-state index contributed by atoms with van der Waals surface area (Å²) < 4.78 is 37.3. The SMILES string of the molecule is CCOC(Cc1ccc(OCCN(CCCCCC(C)(F)F)C(=O)Nc2ccc(C(C)C)cc2)cc1)C(=O)O.